The number of halogens is 5. The maximum absolute atomic E-state index is 14.6. The molecular formula is C40H39F5N4O2. The van der Waals surface area contributed by atoms with E-state index in [1.165, 1.54) is 24.3 Å². The summed E-state index contributed by atoms with van der Waals surface area (Å²) in [5, 5.41) is 0.349. The van der Waals surface area contributed by atoms with Crippen molar-refractivity contribution in [2.24, 2.45) is 0 Å². The molecule has 2 heterocycles. The highest BCUT2D eigenvalue weighted by Gasteiger charge is 2.31. The Balaban J connectivity index is 1.29. The lowest BCUT2D eigenvalue weighted by Crippen LogP contribution is -2.49. The smallest absolute Gasteiger partial charge is 0.334 e. The quantitative estimate of drug-likeness (QED) is 0.138. The second-order valence-corrected chi connectivity index (χ2v) is 13.3. The third-order valence-corrected chi connectivity index (χ3v) is 9.75. The van der Waals surface area contributed by atoms with E-state index in [1.54, 1.807) is 28.8 Å². The minimum Gasteiger partial charge on any atom is -0.334 e. The van der Waals surface area contributed by atoms with Crippen LogP contribution in [0.3, 0.4) is 0 Å². The van der Waals surface area contributed by atoms with Gasteiger partial charge in [0.1, 0.15) is 12.4 Å². The topological polar surface area (TPSA) is 58.4 Å². The lowest BCUT2D eigenvalue weighted by atomic mass is 9.99. The Hall–Kier alpha value is -4.90. The SMILES string of the molecule is CC(C)N1CCC(N(Cc2ccc(-c3ccc(C(F)(F)F)cc3)cc2)C(=O)Cn2c(CCc3cccc(F)c3F)nc(=O)c3ccccc32)CC1. The number of benzene rings is 4. The largest absolute Gasteiger partial charge is 0.416 e. The van der Waals surface area contributed by atoms with Crippen molar-refractivity contribution in [3.63, 3.8) is 0 Å². The number of nitrogens with zero attached hydrogens (tertiary/aromatic N) is 4. The molecule has 0 radical (unpaired) electrons. The summed E-state index contributed by atoms with van der Waals surface area (Å²) in [6.45, 7) is 6.12. The number of likely N-dealkylation sites (tertiary alicyclic amines) is 1. The highest BCUT2D eigenvalue weighted by Crippen LogP contribution is 2.31. The lowest BCUT2D eigenvalue weighted by Gasteiger charge is -2.40. The third-order valence-electron chi connectivity index (χ3n) is 9.75. The van der Waals surface area contributed by atoms with Gasteiger partial charge in [-0.25, -0.2) is 8.78 Å². The molecule has 1 saturated heterocycles. The van der Waals surface area contributed by atoms with Gasteiger partial charge < -0.3 is 14.4 Å². The molecule has 1 fully saturated rings. The van der Waals surface area contributed by atoms with E-state index in [0.29, 0.717) is 34.9 Å². The number of hydrogen-bond donors (Lipinski definition) is 0. The minimum atomic E-state index is -4.42. The number of alkyl halides is 3. The van der Waals surface area contributed by atoms with Crippen molar-refractivity contribution in [2.45, 2.75) is 70.9 Å². The first kappa shape index (κ1) is 35.9. The maximum Gasteiger partial charge on any atom is 0.416 e. The summed E-state index contributed by atoms with van der Waals surface area (Å²) in [7, 11) is 0. The molecule has 0 bridgehead atoms. The normalized spacial score (nSPS) is 14.4. The first-order valence-corrected chi connectivity index (χ1v) is 17.1. The van der Waals surface area contributed by atoms with Crippen molar-refractivity contribution in [3.05, 3.63) is 135 Å². The fourth-order valence-electron chi connectivity index (χ4n) is 6.83. The molecule has 5 aromatic rings. The fraction of sp³-hybridized carbons (Fsp3) is 0.325. The van der Waals surface area contributed by atoms with Crippen LogP contribution in [0.4, 0.5) is 22.0 Å². The number of rotatable bonds is 10. The van der Waals surface area contributed by atoms with Gasteiger partial charge in [-0.15, -0.1) is 0 Å². The molecule has 0 unspecified atom stereocenters. The van der Waals surface area contributed by atoms with E-state index in [9.17, 15) is 31.5 Å². The Morgan fingerprint density at radius 1 is 0.863 bits per heavy atom. The monoisotopic (exact) mass is 702 g/mol. The molecule has 1 aliphatic heterocycles. The van der Waals surface area contributed by atoms with Crippen molar-refractivity contribution in [3.8, 4) is 11.1 Å². The van der Waals surface area contributed by atoms with E-state index in [0.717, 1.165) is 55.3 Å². The number of aryl methyl sites for hydroxylation is 2. The average molecular weight is 703 g/mol. The highest BCUT2D eigenvalue weighted by atomic mass is 19.4. The molecule has 11 heteroatoms. The van der Waals surface area contributed by atoms with E-state index >= 15 is 0 Å². The number of fused-ring (bicyclic) bond motifs is 1. The summed E-state index contributed by atoms with van der Waals surface area (Å²) in [4.78, 5) is 36.1. The van der Waals surface area contributed by atoms with E-state index in [4.69, 9.17) is 0 Å². The molecule has 0 N–H and O–H groups in total. The summed E-state index contributed by atoms with van der Waals surface area (Å²) < 4.78 is 69.5. The molecular weight excluding hydrogens is 663 g/mol. The molecule has 6 nitrogen and oxygen atoms in total. The Kier molecular flexibility index (Phi) is 10.7. The van der Waals surface area contributed by atoms with Crippen molar-refractivity contribution in [2.75, 3.05) is 13.1 Å². The van der Waals surface area contributed by atoms with Crippen molar-refractivity contribution in [1.82, 2.24) is 19.4 Å². The average Bonchev–Trinajstić information content (AvgIpc) is 3.12. The Bertz CT molecular complexity index is 2050. The van der Waals surface area contributed by atoms with Crippen LogP contribution in [0.15, 0.2) is 95.8 Å². The zero-order valence-corrected chi connectivity index (χ0v) is 28.5. The predicted octanol–water partition coefficient (Wildman–Crippen LogP) is 8.05. The second-order valence-electron chi connectivity index (χ2n) is 13.3. The maximum atomic E-state index is 14.6. The first-order chi connectivity index (χ1) is 24.4. The molecule has 6 rings (SSSR count). The Labute approximate surface area is 293 Å². The lowest BCUT2D eigenvalue weighted by molar-refractivity contribution is -0.137. The molecule has 0 atom stereocenters. The molecule has 0 spiro atoms. The van der Waals surface area contributed by atoms with Gasteiger partial charge in [-0.05, 0) is 85.7 Å². The third kappa shape index (κ3) is 8.20. The number of amides is 1. The summed E-state index contributed by atoms with van der Waals surface area (Å²) in [6, 6.07) is 23.6. The van der Waals surface area contributed by atoms with Gasteiger partial charge in [-0.1, -0.05) is 60.7 Å². The van der Waals surface area contributed by atoms with E-state index < -0.39 is 28.9 Å². The van der Waals surface area contributed by atoms with Crippen LogP contribution in [0.25, 0.3) is 22.0 Å². The van der Waals surface area contributed by atoms with Gasteiger partial charge >= 0.3 is 6.18 Å². The molecule has 1 aliphatic rings. The van der Waals surface area contributed by atoms with E-state index in [2.05, 4.69) is 23.7 Å². The van der Waals surface area contributed by atoms with Crippen LogP contribution < -0.4 is 5.56 Å². The van der Waals surface area contributed by atoms with Gasteiger partial charge in [0, 0.05) is 38.1 Å². The highest BCUT2D eigenvalue weighted by molar-refractivity contribution is 5.82. The molecule has 266 valence electrons. The van der Waals surface area contributed by atoms with Gasteiger partial charge in [0.05, 0.1) is 16.5 Å². The number of carbonyl (C=O) groups excluding carboxylic acids is 1. The van der Waals surface area contributed by atoms with Gasteiger partial charge in [-0.2, -0.15) is 18.2 Å². The van der Waals surface area contributed by atoms with Crippen molar-refractivity contribution >= 4 is 16.8 Å². The summed E-state index contributed by atoms with van der Waals surface area (Å²) in [5.74, 6) is -1.80. The summed E-state index contributed by atoms with van der Waals surface area (Å²) in [5.41, 5.74) is 1.75. The summed E-state index contributed by atoms with van der Waals surface area (Å²) in [6.07, 6.45) is -2.71. The van der Waals surface area contributed by atoms with Crippen LogP contribution in [0, 0.1) is 11.6 Å². The molecule has 4 aromatic carbocycles. The van der Waals surface area contributed by atoms with Crippen molar-refractivity contribution < 1.29 is 26.7 Å². The number of hydrogen-bond acceptors (Lipinski definition) is 4. The number of para-hydroxylation sites is 1. The van der Waals surface area contributed by atoms with E-state index in [-0.39, 0.29) is 36.9 Å². The van der Waals surface area contributed by atoms with Gasteiger partial charge in [-0.3, -0.25) is 9.59 Å². The zero-order valence-electron chi connectivity index (χ0n) is 28.5. The van der Waals surface area contributed by atoms with Crippen LogP contribution in [0.1, 0.15) is 49.2 Å². The zero-order chi connectivity index (χ0) is 36.3. The first-order valence-electron chi connectivity index (χ1n) is 17.1. The van der Waals surface area contributed by atoms with Crippen LogP contribution in [-0.4, -0.2) is 50.4 Å². The second kappa shape index (κ2) is 15.1. The molecule has 0 aliphatic carbocycles. The molecule has 1 amide bonds. The molecule has 1 aromatic heterocycles. The van der Waals surface area contributed by atoms with E-state index in [1.807, 2.05) is 29.2 Å². The van der Waals surface area contributed by atoms with Crippen LogP contribution in [-0.2, 0) is 36.9 Å². The molecule has 0 saturated carbocycles. The van der Waals surface area contributed by atoms with Gasteiger partial charge in [0.15, 0.2) is 11.6 Å². The van der Waals surface area contributed by atoms with Crippen LogP contribution in [0.5, 0.6) is 0 Å². The number of piperidine rings is 1. The molecule has 51 heavy (non-hydrogen) atoms. The Morgan fingerprint density at radius 2 is 1.51 bits per heavy atom. The summed E-state index contributed by atoms with van der Waals surface area (Å²) >= 11 is 0. The van der Waals surface area contributed by atoms with Crippen molar-refractivity contribution in [1.29, 1.82) is 0 Å². The fourth-order valence-corrected chi connectivity index (χ4v) is 6.83. The van der Waals surface area contributed by atoms with Gasteiger partial charge in [0.25, 0.3) is 5.56 Å². The Morgan fingerprint density at radius 3 is 2.16 bits per heavy atom. The standard InChI is InChI=1S/C40H39F5N4O2/c1-26(2)47-22-20-32(21-23-47)48(24-27-10-12-28(13-11-27)29-14-17-31(18-15-29)40(43,44)45)37(50)25-49-35-9-4-3-7-33(35)39(51)46-36(49)19-16-30-6-5-8-34(41)38(30)42/h3-15,17-18,26,32H,16,19-25H2,1-2H3. The number of aromatic nitrogens is 2. The van der Waals surface area contributed by atoms with Crippen LogP contribution in [0.2, 0.25) is 0 Å². The van der Waals surface area contributed by atoms with Crippen LogP contribution >= 0.6 is 0 Å². The van der Waals surface area contributed by atoms with Gasteiger partial charge in [0.2, 0.25) is 5.91 Å². The minimum absolute atomic E-state index is 0.0643. The predicted molar refractivity (Wildman–Crippen MR) is 187 cm³/mol. The number of carbonyl (C=O) groups is 1.